The van der Waals surface area contributed by atoms with Gasteiger partial charge < -0.3 is 14.7 Å². The van der Waals surface area contributed by atoms with Crippen molar-refractivity contribution in [1.82, 2.24) is 9.80 Å². The quantitative estimate of drug-likeness (QED) is 0.735. The molecule has 0 unspecified atom stereocenters. The van der Waals surface area contributed by atoms with Crippen molar-refractivity contribution in [3.63, 3.8) is 0 Å². The zero-order valence-corrected chi connectivity index (χ0v) is 18.9. The van der Waals surface area contributed by atoms with E-state index in [2.05, 4.69) is 53.1 Å². The summed E-state index contributed by atoms with van der Waals surface area (Å²) in [6.45, 7) is 10.3. The van der Waals surface area contributed by atoms with Gasteiger partial charge in [-0.2, -0.15) is 0 Å². The van der Waals surface area contributed by atoms with Gasteiger partial charge in [-0.05, 0) is 48.6 Å². The first-order chi connectivity index (χ1) is 15.0. The predicted octanol–water partition coefficient (Wildman–Crippen LogP) is 3.93. The van der Waals surface area contributed by atoms with Crippen LogP contribution in [0.4, 0.5) is 0 Å². The molecule has 0 aromatic heterocycles. The van der Waals surface area contributed by atoms with Crippen LogP contribution in [0.2, 0.25) is 0 Å². The number of likely N-dealkylation sites (tertiary alicyclic amines) is 2. The maximum atomic E-state index is 12.7. The number of amides is 1. The van der Waals surface area contributed by atoms with Crippen molar-refractivity contribution in [2.24, 2.45) is 11.8 Å². The minimum absolute atomic E-state index is 0.0160. The number of aliphatic hydroxyl groups excluding tert-OH is 1. The molecular weight excluding hydrogens is 388 g/mol. The zero-order valence-electron chi connectivity index (χ0n) is 18.9. The molecule has 2 aliphatic heterocycles. The molecular formula is C26H34N2O3. The van der Waals surface area contributed by atoms with Gasteiger partial charge in [0.1, 0.15) is 5.75 Å². The van der Waals surface area contributed by atoms with E-state index in [1.807, 2.05) is 19.9 Å². The van der Waals surface area contributed by atoms with Gasteiger partial charge in [0.2, 0.25) is 5.91 Å². The summed E-state index contributed by atoms with van der Waals surface area (Å²) in [5.74, 6) is 1.98. The highest BCUT2D eigenvalue weighted by atomic mass is 16.5. The second-order valence-corrected chi connectivity index (χ2v) is 8.85. The molecule has 5 nitrogen and oxygen atoms in total. The molecule has 2 fully saturated rings. The molecule has 1 amide bonds. The van der Waals surface area contributed by atoms with Crippen LogP contribution in [0.5, 0.6) is 5.75 Å². The molecule has 166 valence electrons. The van der Waals surface area contributed by atoms with E-state index in [0.717, 1.165) is 37.5 Å². The number of hydrogen-bond donors (Lipinski definition) is 1. The van der Waals surface area contributed by atoms with Gasteiger partial charge in [-0.25, -0.2) is 0 Å². The molecule has 2 aromatic rings. The number of nitrogens with zero attached hydrogens (tertiary/aromatic N) is 2. The monoisotopic (exact) mass is 422 g/mol. The average Bonchev–Trinajstić information content (AvgIpc) is 3.32. The highest BCUT2D eigenvalue weighted by molar-refractivity contribution is 5.77. The van der Waals surface area contributed by atoms with E-state index in [-0.39, 0.29) is 18.6 Å². The van der Waals surface area contributed by atoms with E-state index < -0.39 is 0 Å². The Kier molecular flexibility index (Phi) is 6.63. The molecule has 2 saturated heterocycles. The van der Waals surface area contributed by atoms with Crippen molar-refractivity contribution in [2.45, 2.75) is 46.4 Å². The third-order valence-corrected chi connectivity index (χ3v) is 6.87. The molecule has 1 N–H and O–H groups in total. The normalized spacial score (nSPS) is 23.2. The average molecular weight is 423 g/mol. The van der Waals surface area contributed by atoms with Gasteiger partial charge in [0.15, 0.2) is 0 Å². The number of rotatable bonds is 7. The van der Waals surface area contributed by atoms with Crippen LogP contribution in [-0.2, 0) is 17.9 Å². The Morgan fingerprint density at radius 3 is 2.65 bits per heavy atom. The molecule has 2 aromatic carbocycles. The lowest BCUT2D eigenvalue weighted by Gasteiger charge is -2.31. The fourth-order valence-corrected chi connectivity index (χ4v) is 5.45. The molecule has 0 aliphatic carbocycles. The minimum atomic E-state index is -0.0160. The maximum Gasteiger partial charge on any atom is 0.222 e. The molecule has 3 atom stereocenters. The smallest absolute Gasteiger partial charge is 0.222 e. The van der Waals surface area contributed by atoms with Crippen molar-refractivity contribution in [3.8, 4) is 5.75 Å². The van der Waals surface area contributed by atoms with Gasteiger partial charge in [-0.15, -0.1) is 0 Å². The van der Waals surface area contributed by atoms with Crippen LogP contribution in [0.25, 0.3) is 0 Å². The Labute approximate surface area is 185 Å². The summed E-state index contributed by atoms with van der Waals surface area (Å²) in [6.07, 6.45) is 0.557. The summed E-state index contributed by atoms with van der Waals surface area (Å²) in [7, 11) is 0. The van der Waals surface area contributed by atoms with Gasteiger partial charge in [0, 0.05) is 44.1 Å². The molecule has 4 rings (SSSR count). The van der Waals surface area contributed by atoms with E-state index in [4.69, 9.17) is 4.74 Å². The van der Waals surface area contributed by atoms with Crippen LogP contribution in [0.1, 0.15) is 48.6 Å². The van der Waals surface area contributed by atoms with Crippen molar-refractivity contribution < 1.29 is 14.6 Å². The van der Waals surface area contributed by atoms with E-state index in [0.29, 0.717) is 24.9 Å². The zero-order chi connectivity index (χ0) is 22.0. The van der Waals surface area contributed by atoms with Crippen molar-refractivity contribution in [3.05, 3.63) is 64.7 Å². The second kappa shape index (κ2) is 9.41. The Bertz CT molecular complexity index is 929. The van der Waals surface area contributed by atoms with Crippen LogP contribution in [0.3, 0.4) is 0 Å². The summed E-state index contributed by atoms with van der Waals surface area (Å²) < 4.78 is 5.62. The van der Waals surface area contributed by atoms with Crippen LogP contribution in [0.15, 0.2) is 42.5 Å². The molecule has 0 radical (unpaired) electrons. The summed E-state index contributed by atoms with van der Waals surface area (Å²) in [6, 6.07) is 14.8. The van der Waals surface area contributed by atoms with E-state index >= 15 is 0 Å². The molecule has 0 spiro atoms. The highest BCUT2D eigenvalue weighted by Crippen LogP contribution is 2.46. The Morgan fingerprint density at radius 1 is 1.13 bits per heavy atom. The third kappa shape index (κ3) is 4.35. The van der Waals surface area contributed by atoms with Gasteiger partial charge in [0.05, 0.1) is 19.3 Å². The molecule has 2 heterocycles. The lowest BCUT2D eigenvalue weighted by Crippen LogP contribution is -2.35. The number of ether oxygens (including phenoxy) is 1. The fourth-order valence-electron chi connectivity index (χ4n) is 5.45. The summed E-state index contributed by atoms with van der Waals surface area (Å²) in [5, 5.41) is 9.72. The minimum Gasteiger partial charge on any atom is -0.494 e. The summed E-state index contributed by atoms with van der Waals surface area (Å²) in [4.78, 5) is 17.4. The van der Waals surface area contributed by atoms with Gasteiger partial charge in [0.25, 0.3) is 0 Å². The highest BCUT2D eigenvalue weighted by Gasteiger charge is 2.48. The van der Waals surface area contributed by atoms with Crippen LogP contribution < -0.4 is 4.74 Å². The molecule has 0 bridgehead atoms. The van der Waals surface area contributed by atoms with Crippen LogP contribution >= 0.6 is 0 Å². The van der Waals surface area contributed by atoms with Gasteiger partial charge in [-0.3, -0.25) is 9.69 Å². The number of carbonyl (C=O) groups is 1. The summed E-state index contributed by atoms with van der Waals surface area (Å²) >= 11 is 0. The first kappa shape index (κ1) is 21.8. The third-order valence-electron chi connectivity index (χ3n) is 6.87. The molecule has 5 heteroatoms. The molecule has 31 heavy (non-hydrogen) atoms. The first-order valence-corrected chi connectivity index (χ1v) is 11.5. The van der Waals surface area contributed by atoms with Gasteiger partial charge in [-0.1, -0.05) is 37.3 Å². The van der Waals surface area contributed by atoms with Crippen molar-refractivity contribution in [2.75, 3.05) is 26.2 Å². The van der Waals surface area contributed by atoms with Crippen molar-refractivity contribution in [1.29, 1.82) is 0 Å². The lowest BCUT2D eigenvalue weighted by atomic mass is 9.87. The van der Waals surface area contributed by atoms with E-state index in [9.17, 15) is 9.90 Å². The standard InChI is InChI=1S/C26H34N2O3/c1-4-25(30)28-15-21-14-27(13-19-10-11-24(31-5-2)20(12-19)17-29)16-23(21)26(28)22-9-7-6-8-18(22)3/h6-12,21,23,26,29H,4-5,13-17H2,1-3H3/t21-,23-,26-/m0/s1. The number of aryl methyl sites for hydroxylation is 1. The lowest BCUT2D eigenvalue weighted by molar-refractivity contribution is -0.132. The second-order valence-electron chi connectivity index (χ2n) is 8.85. The van der Waals surface area contributed by atoms with E-state index in [1.54, 1.807) is 0 Å². The maximum absolute atomic E-state index is 12.7. The van der Waals surface area contributed by atoms with E-state index in [1.165, 1.54) is 16.7 Å². The van der Waals surface area contributed by atoms with Crippen LogP contribution in [-0.4, -0.2) is 47.1 Å². The number of carbonyl (C=O) groups excluding carboxylic acids is 1. The topological polar surface area (TPSA) is 53.0 Å². The molecule has 0 saturated carbocycles. The predicted molar refractivity (Wildman–Crippen MR) is 122 cm³/mol. The molecule has 2 aliphatic rings. The first-order valence-electron chi connectivity index (χ1n) is 11.5. The number of aliphatic hydroxyl groups is 1. The Hall–Kier alpha value is -2.37. The van der Waals surface area contributed by atoms with Crippen LogP contribution in [0, 0.1) is 18.8 Å². The van der Waals surface area contributed by atoms with Gasteiger partial charge >= 0.3 is 0 Å². The Balaban J connectivity index is 1.53. The fraction of sp³-hybridized carbons (Fsp3) is 0.500. The largest absolute Gasteiger partial charge is 0.494 e. The summed E-state index contributed by atoms with van der Waals surface area (Å²) in [5.41, 5.74) is 4.60. The number of fused-ring (bicyclic) bond motifs is 1. The van der Waals surface area contributed by atoms with Crippen molar-refractivity contribution >= 4 is 5.91 Å². The number of hydrogen-bond acceptors (Lipinski definition) is 4. The SMILES string of the molecule is CCOc1ccc(CN2C[C@H]3CN(C(=O)CC)[C@@H](c4ccccc4C)[C@H]3C2)cc1CO. The number of benzene rings is 2. The Morgan fingerprint density at radius 2 is 1.94 bits per heavy atom.